The van der Waals surface area contributed by atoms with Crippen LogP contribution in [0, 0.1) is 5.92 Å². The molecule has 18 heavy (non-hydrogen) atoms. The molecule has 1 aromatic carbocycles. The van der Waals surface area contributed by atoms with Gasteiger partial charge >= 0.3 is 0 Å². The number of benzene rings is 1. The third kappa shape index (κ3) is 3.00. The van der Waals surface area contributed by atoms with Gasteiger partial charge in [0.1, 0.15) is 0 Å². The molecular formula is C16H21NO. The van der Waals surface area contributed by atoms with Crippen LogP contribution in [-0.2, 0) is 0 Å². The Hall–Kier alpha value is -1.57. The normalized spacial score (nSPS) is 15.4. The number of amides is 1. The molecule has 1 N–H and O–H groups in total. The number of allylic oxidation sites excluding steroid dienone is 1. The second-order valence-electron chi connectivity index (χ2n) is 5.35. The number of hydrogen-bond acceptors (Lipinski definition) is 1. The van der Waals surface area contributed by atoms with Crippen LogP contribution in [0.1, 0.15) is 44.0 Å². The summed E-state index contributed by atoms with van der Waals surface area (Å²) in [6.45, 7) is 6.46. The molecule has 1 atom stereocenters. The molecular weight excluding hydrogens is 222 g/mol. The summed E-state index contributed by atoms with van der Waals surface area (Å²) in [7, 11) is 0. The van der Waals surface area contributed by atoms with Crippen molar-refractivity contribution in [3.8, 4) is 0 Å². The standard InChI is InChI=1S/C16H21NO/c1-11(2)15(12(3)13-9-10-13)17-16(18)14-7-5-4-6-8-14/h4-8,11,15H,9-10H2,1-3H3,(H,17,18). The van der Waals surface area contributed by atoms with Crippen LogP contribution in [0.4, 0.5) is 0 Å². The summed E-state index contributed by atoms with van der Waals surface area (Å²) >= 11 is 0. The van der Waals surface area contributed by atoms with E-state index in [0.717, 1.165) is 5.56 Å². The molecule has 96 valence electrons. The van der Waals surface area contributed by atoms with Crippen LogP contribution in [0.2, 0.25) is 0 Å². The SMILES string of the molecule is CC(=C1CC1)C(NC(=O)c1ccccc1)C(C)C. The molecule has 2 heteroatoms. The van der Waals surface area contributed by atoms with Crippen molar-refractivity contribution < 1.29 is 4.79 Å². The molecule has 0 bridgehead atoms. The first-order valence-electron chi connectivity index (χ1n) is 6.64. The molecule has 2 rings (SSSR count). The highest BCUT2D eigenvalue weighted by Gasteiger charge is 2.24. The van der Waals surface area contributed by atoms with Crippen molar-refractivity contribution in [3.63, 3.8) is 0 Å². The van der Waals surface area contributed by atoms with E-state index in [-0.39, 0.29) is 11.9 Å². The minimum atomic E-state index is 0.0231. The summed E-state index contributed by atoms with van der Waals surface area (Å²) in [5.74, 6) is 0.445. The molecule has 1 aliphatic rings. The molecule has 0 aromatic heterocycles. The largest absolute Gasteiger partial charge is 0.345 e. The Labute approximate surface area is 109 Å². The number of hydrogen-bond donors (Lipinski definition) is 1. The van der Waals surface area contributed by atoms with Gasteiger partial charge in [0.2, 0.25) is 0 Å². The summed E-state index contributed by atoms with van der Waals surface area (Å²) in [5.41, 5.74) is 3.60. The molecule has 2 nitrogen and oxygen atoms in total. The predicted molar refractivity (Wildman–Crippen MR) is 74.5 cm³/mol. The first kappa shape index (κ1) is 12.9. The van der Waals surface area contributed by atoms with Gasteiger partial charge in [-0.05, 0) is 37.8 Å². The second kappa shape index (κ2) is 5.38. The monoisotopic (exact) mass is 243 g/mol. The molecule has 1 aliphatic carbocycles. The highest BCUT2D eigenvalue weighted by molar-refractivity contribution is 5.94. The molecule has 0 heterocycles. The van der Waals surface area contributed by atoms with Crippen molar-refractivity contribution in [2.45, 2.75) is 39.7 Å². The highest BCUT2D eigenvalue weighted by atomic mass is 16.1. The Morgan fingerprint density at radius 2 is 1.78 bits per heavy atom. The maximum Gasteiger partial charge on any atom is 0.251 e. The summed E-state index contributed by atoms with van der Waals surface area (Å²) in [4.78, 5) is 12.2. The van der Waals surface area contributed by atoms with Crippen LogP contribution in [0.15, 0.2) is 41.5 Å². The van der Waals surface area contributed by atoms with Crippen LogP contribution < -0.4 is 5.32 Å². The van der Waals surface area contributed by atoms with E-state index in [2.05, 4.69) is 26.1 Å². The average Bonchev–Trinajstić information content (AvgIpc) is 3.19. The smallest absolute Gasteiger partial charge is 0.251 e. The lowest BCUT2D eigenvalue weighted by atomic mass is 9.95. The lowest BCUT2D eigenvalue weighted by Crippen LogP contribution is -2.39. The summed E-state index contributed by atoms with van der Waals surface area (Å²) in [6, 6.07) is 9.58. The fraction of sp³-hybridized carbons (Fsp3) is 0.438. The molecule has 0 saturated heterocycles. The van der Waals surface area contributed by atoms with Crippen molar-refractivity contribution >= 4 is 5.91 Å². The van der Waals surface area contributed by atoms with Crippen LogP contribution in [0.5, 0.6) is 0 Å². The number of carbonyl (C=O) groups is 1. The van der Waals surface area contributed by atoms with Gasteiger partial charge < -0.3 is 5.32 Å². The molecule has 1 saturated carbocycles. The first-order valence-corrected chi connectivity index (χ1v) is 6.64. The van der Waals surface area contributed by atoms with E-state index in [4.69, 9.17) is 0 Å². The van der Waals surface area contributed by atoms with Gasteiger partial charge in [0.05, 0.1) is 6.04 Å². The molecule has 0 radical (unpaired) electrons. The second-order valence-corrected chi connectivity index (χ2v) is 5.35. The van der Waals surface area contributed by atoms with Gasteiger partial charge in [-0.25, -0.2) is 0 Å². The fourth-order valence-electron chi connectivity index (χ4n) is 2.27. The lowest BCUT2D eigenvalue weighted by molar-refractivity contribution is 0.0934. The van der Waals surface area contributed by atoms with E-state index in [9.17, 15) is 4.79 Å². The third-order valence-electron chi connectivity index (χ3n) is 3.51. The molecule has 1 unspecified atom stereocenters. The van der Waals surface area contributed by atoms with Gasteiger partial charge in [-0.2, -0.15) is 0 Å². The molecule has 1 fully saturated rings. The van der Waals surface area contributed by atoms with Crippen LogP contribution in [0.25, 0.3) is 0 Å². The van der Waals surface area contributed by atoms with Crippen molar-refractivity contribution in [3.05, 3.63) is 47.0 Å². The van der Waals surface area contributed by atoms with E-state index in [1.165, 1.54) is 24.0 Å². The van der Waals surface area contributed by atoms with Crippen molar-refractivity contribution in [1.82, 2.24) is 5.32 Å². The Morgan fingerprint density at radius 3 is 2.28 bits per heavy atom. The molecule has 1 aromatic rings. The van der Waals surface area contributed by atoms with Crippen molar-refractivity contribution in [2.75, 3.05) is 0 Å². The molecule has 0 spiro atoms. The predicted octanol–water partition coefficient (Wildman–Crippen LogP) is 3.55. The average molecular weight is 243 g/mol. The fourth-order valence-corrected chi connectivity index (χ4v) is 2.27. The number of carbonyl (C=O) groups excluding carboxylic acids is 1. The maximum atomic E-state index is 12.2. The minimum Gasteiger partial charge on any atom is -0.345 e. The Kier molecular flexibility index (Phi) is 3.85. The molecule has 1 amide bonds. The van der Waals surface area contributed by atoms with Crippen molar-refractivity contribution in [1.29, 1.82) is 0 Å². The highest BCUT2D eigenvalue weighted by Crippen LogP contribution is 2.34. The van der Waals surface area contributed by atoms with E-state index < -0.39 is 0 Å². The van der Waals surface area contributed by atoms with Gasteiger partial charge in [0.25, 0.3) is 5.91 Å². The van der Waals surface area contributed by atoms with Gasteiger partial charge in [-0.15, -0.1) is 0 Å². The maximum absolute atomic E-state index is 12.2. The van der Waals surface area contributed by atoms with Crippen LogP contribution >= 0.6 is 0 Å². The summed E-state index contributed by atoms with van der Waals surface area (Å²) < 4.78 is 0. The Morgan fingerprint density at radius 1 is 1.17 bits per heavy atom. The van der Waals surface area contributed by atoms with E-state index in [1.807, 2.05) is 30.3 Å². The van der Waals surface area contributed by atoms with Crippen molar-refractivity contribution in [2.24, 2.45) is 5.92 Å². The molecule has 0 aliphatic heterocycles. The Balaban J connectivity index is 2.11. The third-order valence-corrected chi connectivity index (χ3v) is 3.51. The van der Waals surface area contributed by atoms with Crippen LogP contribution in [0.3, 0.4) is 0 Å². The first-order chi connectivity index (χ1) is 8.59. The van der Waals surface area contributed by atoms with Gasteiger partial charge in [-0.3, -0.25) is 4.79 Å². The van der Waals surface area contributed by atoms with E-state index in [1.54, 1.807) is 0 Å². The van der Waals surface area contributed by atoms with Crippen LogP contribution in [-0.4, -0.2) is 11.9 Å². The summed E-state index contributed by atoms with van der Waals surface area (Å²) in [5, 5.41) is 3.16. The quantitative estimate of drug-likeness (QED) is 0.805. The Bertz CT molecular complexity index is 453. The zero-order chi connectivity index (χ0) is 13.1. The van der Waals surface area contributed by atoms with Gasteiger partial charge in [-0.1, -0.05) is 43.2 Å². The topological polar surface area (TPSA) is 29.1 Å². The zero-order valence-electron chi connectivity index (χ0n) is 11.4. The van der Waals surface area contributed by atoms with Gasteiger partial charge in [0.15, 0.2) is 0 Å². The van der Waals surface area contributed by atoms with Gasteiger partial charge in [0, 0.05) is 5.56 Å². The summed E-state index contributed by atoms with van der Waals surface area (Å²) in [6.07, 6.45) is 2.41. The zero-order valence-corrected chi connectivity index (χ0v) is 11.4. The lowest BCUT2D eigenvalue weighted by Gasteiger charge is -2.23. The number of rotatable bonds is 4. The number of nitrogens with one attached hydrogen (secondary N) is 1. The minimum absolute atomic E-state index is 0.0231. The van der Waals surface area contributed by atoms with E-state index >= 15 is 0 Å². The van der Waals surface area contributed by atoms with E-state index in [0.29, 0.717) is 5.92 Å².